The second-order valence-corrected chi connectivity index (χ2v) is 5.43. The smallest absolute Gasteiger partial charge is 0.124 e. The van der Waals surface area contributed by atoms with Crippen molar-refractivity contribution in [1.29, 1.82) is 0 Å². The average molecular weight is 292 g/mol. The molecular formula is C18H32N2O. The van der Waals surface area contributed by atoms with Gasteiger partial charge in [-0.3, -0.25) is 4.90 Å². The first-order chi connectivity index (χ1) is 10.1. The predicted molar refractivity (Wildman–Crippen MR) is 90.8 cm³/mol. The van der Waals surface area contributed by atoms with Gasteiger partial charge in [0.25, 0.3) is 0 Å². The molecule has 1 aromatic carbocycles. The first kappa shape index (κ1) is 18.0. The number of hydrogen-bond donors (Lipinski definition) is 1. The summed E-state index contributed by atoms with van der Waals surface area (Å²) in [6.45, 7) is 13.6. The zero-order valence-electron chi connectivity index (χ0n) is 14.4. The summed E-state index contributed by atoms with van der Waals surface area (Å²) in [6.07, 6.45) is 2.07. The van der Waals surface area contributed by atoms with Gasteiger partial charge in [-0.05, 0) is 38.9 Å². The van der Waals surface area contributed by atoms with E-state index in [4.69, 9.17) is 10.5 Å². The summed E-state index contributed by atoms with van der Waals surface area (Å²) in [4.78, 5) is 2.50. The van der Waals surface area contributed by atoms with Crippen molar-refractivity contribution in [2.24, 2.45) is 5.73 Å². The van der Waals surface area contributed by atoms with Gasteiger partial charge in [0.15, 0.2) is 0 Å². The third-order valence-corrected chi connectivity index (χ3v) is 4.75. The van der Waals surface area contributed by atoms with Gasteiger partial charge in [0.1, 0.15) is 5.75 Å². The Morgan fingerprint density at radius 3 is 2.10 bits per heavy atom. The standard InChI is InChI=1S/C18H32N2O/c1-6-18(7-2,20(8-3)9-4)17(19)15-13-11-12-14-16(15)21-10-5/h11-14,17H,6-10,19H2,1-5H3. The fourth-order valence-electron chi connectivity index (χ4n) is 3.50. The van der Waals surface area contributed by atoms with Gasteiger partial charge in [0, 0.05) is 11.1 Å². The number of nitrogens with two attached hydrogens (primary N) is 1. The zero-order valence-corrected chi connectivity index (χ0v) is 14.4. The Morgan fingerprint density at radius 1 is 1.05 bits per heavy atom. The summed E-state index contributed by atoms with van der Waals surface area (Å²) in [5, 5.41) is 0. The lowest BCUT2D eigenvalue weighted by atomic mass is 9.79. The summed E-state index contributed by atoms with van der Waals surface area (Å²) in [5.41, 5.74) is 7.86. The van der Waals surface area contributed by atoms with Gasteiger partial charge >= 0.3 is 0 Å². The normalized spacial score (nSPS) is 13.5. The second kappa shape index (κ2) is 8.40. The van der Waals surface area contributed by atoms with Gasteiger partial charge in [-0.2, -0.15) is 0 Å². The Bertz CT molecular complexity index is 411. The number of likely N-dealkylation sites (N-methyl/N-ethyl adjacent to an activating group) is 1. The number of rotatable bonds is 9. The van der Waals surface area contributed by atoms with E-state index in [1.165, 1.54) is 0 Å². The van der Waals surface area contributed by atoms with Crippen molar-refractivity contribution >= 4 is 0 Å². The maximum atomic E-state index is 6.76. The van der Waals surface area contributed by atoms with Crippen molar-refractivity contribution in [3.05, 3.63) is 29.8 Å². The third kappa shape index (κ3) is 3.58. The molecular weight excluding hydrogens is 260 g/mol. The molecule has 1 rings (SSSR count). The number of para-hydroxylation sites is 1. The van der Waals surface area contributed by atoms with Gasteiger partial charge in [0.05, 0.1) is 12.6 Å². The van der Waals surface area contributed by atoms with E-state index < -0.39 is 0 Å². The van der Waals surface area contributed by atoms with Crippen molar-refractivity contribution in [3.8, 4) is 5.75 Å². The fourth-order valence-corrected chi connectivity index (χ4v) is 3.50. The molecule has 0 radical (unpaired) electrons. The molecule has 0 aliphatic rings. The Labute approximate surface area is 130 Å². The highest BCUT2D eigenvalue weighted by molar-refractivity contribution is 5.38. The molecule has 0 heterocycles. The molecule has 3 nitrogen and oxygen atoms in total. The van der Waals surface area contributed by atoms with Crippen LogP contribution < -0.4 is 10.5 Å². The molecule has 2 N–H and O–H groups in total. The highest BCUT2D eigenvalue weighted by Gasteiger charge is 2.39. The Kier molecular flexibility index (Phi) is 7.20. The van der Waals surface area contributed by atoms with Crippen molar-refractivity contribution in [1.82, 2.24) is 4.90 Å². The fraction of sp³-hybridized carbons (Fsp3) is 0.667. The molecule has 0 bridgehead atoms. The average Bonchev–Trinajstić information content (AvgIpc) is 2.53. The molecule has 1 unspecified atom stereocenters. The first-order valence-corrected chi connectivity index (χ1v) is 8.33. The minimum absolute atomic E-state index is 0.0172. The molecule has 3 heteroatoms. The summed E-state index contributed by atoms with van der Waals surface area (Å²) in [5.74, 6) is 0.922. The van der Waals surface area contributed by atoms with E-state index in [9.17, 15) is 0 Å². The Balaban J connectivity index is 3.26. The van der Waals surface area contributed by atoms with Crippen LogP contribution in [0.15, 0.2) is 24.3 Å². The Morgan fingerprint density at radius 2 is 1.62 bits per heavy atom. The van der Waals surface area contributed by atoms with Crippen LogP contribution in [0.4, 0.5) is 0 Å². The van der Waals surface area contributed by atoms with Gasteiger partial charge < -0.3 is 10.5 Å². The van der Waals surface area contributed by atoms with Crippen molar-refractivity contribution in [3.63, 3.8) is 0 Å². The highest BCUT2D eigenvalue weighted by Crippen LogP contribution is 2.39. The molecule has 21 heavy (non-hydrogen) atoms. The first-order valence-electron chi connectivity index (χ1n) is 8.33. The van der Waals surface area contributed by atoms with Crippen LogP contribution >= 0.6 is 0 Å². The van der Waals surface area contributed by atoms with Gasteiger partial charge in [-0.1, -0.05) is 45.9 Å². The highest BCUT2D eigenvalue weighted by atomic mass is 16.5. The number of hydrogen-bond acceptors (Lipinski definition) is 3. The molecule has 0 fully saturated rings. The van der Waals surface area contributed by atoms with E-state index in [0.29, 0.717) is 6.61 Å². The SMILES string of the molecule is CCOc1ccccc1C(N)C(CC)(CC)N(CC)CC. The van der Waals surface area contributed by atoms with Crippen LogP contribution in [0.1, 0.15) is 59.1 Å². The van der Waals surface area contributed by atoms with Crippen LogP contribution in [0.5, 0.6) is 5.75 Å². The molecule has 0 aliphatic heterocycles. The minimum Gasteiger partial charge on any atom is -0.494 e. The van der Waals surface area contributed by atoms with Crippen LogP contribution in [-0.4, -0.2) is 30.1 Å². The van der Waals surface area contributed by atoms with Crippen LogP contribution in [0.3, 0.4) is 0 Å². The van der Waals surface area contributed by atoms with E-state index in [0.717, 1.165) is 37.2 Å². The number of ether oxygens (including phenoxy) is 1. The van der Waals surface area contributed by atoms with Crippen molar-refractivity contribution in [2.75, 3.05) is 19.7 Å². The molecule has 0 aromatic heterocycles. The second-order valence-electron chi connectivity index (χ2n) is 5.43. The van der Waals surface area contributed by atoms with E-state index in [-0.39, 0.29) is 11.6 Å². The van der Waals surface area contributed by atoms with E-state index >= 15 is 0 Å². The largest absolute Gasteiger partial charge is 0.494 e. The molecule has 0 saturated carbocycles. The van der Waals surface area contributed by atoms with Crippen molar-refractivity contribution in [2.45, 2.75) is 59.0 Å². The Hall–Kier alpha value is -1.06. The molecule has 1 atom stereocenters. The molecule has 0 spiro atoms. The molecule has 120 valence electrons. The maximum absolute atomic E-state index is 6.76. The minimum atomic E-state index is -0.0462. The molecule has 0 aliphatic carbocycles. The molecule has 1 aromatic rings. The van der Waals surface area contributed by atoms with Crippen LogP contribution in [-0.2, 0) is 0 Å². The van der Waals surface area contributed by atoms with Crippen LogP contribution in [0.2, 0.25) is 0 Å². The lowest BCUT2D eigenvalue weighted by molar-refractivity contribution is 0.0615. The van der Waals surface area contributed by atoms with E-state index in [1.54, 1.807) is 0 Å². The zero-order chi connectivity index (χ0) is 15.9. The van der Waals surface area contributed by atoms with Crippen molar-refractivity contribution < 1.29 is 4.74 Å². The molecule has 0 amide bonds. The van der Waals surface area contributed by atoms with Gasteiger partial charge in [0.2, 0.25) is 0 Å². The lowest BCUT2D eigenvalue weighted by Gasteiger charge is -2.47. The van der Waals surface area contributed by atoms with Crippen LogP contribution in [0.25, 0.3) is 0 Å². The number of nitrogens with zero attached hydrogens (tertiary/aromatic N) is 1. The summed E-state index contributed by atoms with van der Waals surface area (Å²) in [7, 11) is 0. The summed E-state index contributed by atoms with van der Waals surface area (Å²) >= 11 is 0. The van der Waals surface area contributed by atoms with Gasteiger partial charge in [-0.25, -0.2) is 0 Å². The summed E-state index contributed by atoms with van der Waals surface area (Å²) in [6, 6.07) is 8.15. The van der Waals surface area contributed by atoms with Gasteiger partial charge in [-0.15, -0.1) is 0 Å². The quantitative estimate of drug-likeness (QED) is 0.748. The lowest BCUT2D eigenvalue weighted by Crippen LogP contribution is -2.54. The van der Waals surface area contributed by atoms with E-state index in [1.807, 2.05) is 19.1 Å². The van der Waals surface area contributed by atoms with E-state index in [2.05, 4.69) is 44.7 Å². The topological polar surface area (TPSA) is 38.5 Å². The van der Waals surface area contributed by atoms with Crippen LogP contribution in [0, 0.1) is 0 Å². The predicted octanol–water partition coefficient (Wildman–Crippen LogP) is 3.99. The number of benzene rings is 1. The monoisotopic (exact) mass is 292 g/mol. The third-order valence-electron chi connectivity index (χ3n) is 4.75. The maximum Gasteiger partial charge on any atom is 0.124 e. The molecule has 0 saturated heterocycles. The summed E-state index contributed by atoms with van der Waals surface area (Å²) < 4.78 is 5.79.